The zero-order valence-electron chi connectivity index (χ0n) is 11.6. The molecular weight excluding hydrogens is 298 g/mol. The minimum Gasteiger partial charge on any atom is -0.278 e. The molecule has 0 N–H and O–H groups in total. The molecule has 0 aliphatic rings. The van der Waals surface area contributed by atoms with Crippen molar-refractivity contribution < 1.29 is 13.7 Å². The second kappa shape index (κ2) is 6.29. The van der Waals surface area contributed by atoms with Gasteiger partial charge in [0.2, 0.25) is 0 Å². The summed E-state index contributed by atoms with van der Waals surface area (Å²) in [6.07, 6.45) is -1.15. The number of nitro benzene ring substituents is 1. The number of non-ortho nitro benzene ring substituents is 1. The van der Waals surface area contributed by atoms with Gasteiger partial charge in [-0.15, -0.1) is 5.10 Å². The molecule has 0 spiro atoms. The lowest BCUT2D eigenvalue weighted by Crippen LogP contribution is -2.23. The van der Waals surface area contributed by atoms with Crippen LogP contribution in [0, 0.1) is 10.1 Å². The molecule has 0 atom stereocenters. The molecule has 9 heteroatoms. The molecule has 0 fully saturated rings. The van der Waals surface area contributed by atoms with Gasteiger partial charge in [-0.2, -0.15) is 8.78 Å². The molecule has 7 nitrogen and oxygen atoms in total. The summed E-state index contributed by atoms with van der Waals surface area (Å²) in [5.41, 5.74) is -0.198. The third kappa shape index (κ3) is 3.25. The molecule has 22 heavy (non-hydrogen) atoms. The van der Waals surface area contributed by atoms with E-state index in [-0.39, 0.29) is 24.5 Å². The Morgan fingerprint density at radius 3 is 2.82 bits per heavy atom. The van der Waals surface area contributed by atoms with Crippen molar-refractivity contribution in [1.29, 1.82) is 0 Å². The first kappa shape index (κ1) is 15.5. The molecule has 0 saturated heterocycles. The first-order chi connectivity index (χ1) is 10.4. The van der Waals surface area contributed by atoms with E-state index in [1.54, 1.807) is 6.07 Å². The fraction of sp³-hybridized carbons (Fsp3) is 0.231. The summed E-state index contributed by atoms with van der Waals surface area (Å²) < 4.78 is 26.2. The number of hydrogen-bond acceptors (Lipinski definition) is 4. The Hall–Kier alpha value is -2.84. The highest BCUT2D eigenvalue weighted by molar-refractivity contribution is 5.59. The van der Waals surface area contributed by atoms with Crippen LogP contribution in [0.3, 0.4) is 0 Å². The van der Waals surface area contributed by atoms with Crippen molar-refractivity contribution in [2.45, 2.75) is 13.0 Å². The van der Waals surface area contributed by atoms with Crippen LogP contribution in [0.15, 0.2) is 41.2 Å². The van der Waals surface area contributed by atoms with Crippen molar-refractivity contribution in [2.75, 3.05) is 0 Å². The summed E-state index contributed by atoms with van der Waals surface area (Å²) >= 11 is 0. The van der Waals surface area contributed by atoms with Gasteiger partial charge in [0.05, 0.1) is 11.5 Å². The second-order valence-electron chi connectivity index (χ2n) is 4.48. The largest absolute Gasteiger partial charge is 0.345 e. The van der Waals surface area contributed by atoms with Gasteiger partial charge >= 0.3 is 5.69 Å². The summed E-state index contributed by atoms with van der Waals surface area (Å²) in [6.45, 7) is -0.00105. The Morgan fingerprint density at radius 1 is 1.45 bits per heavy atom. The van der Waals surface area contributed by atoms with E-state index in [2.05, 4.69) is 5.10 Å². The third-order valence-electron chi connectivity index (χ3n) is 3.00. The Bertz CT molecular complexity index is 791. The SMILES string of the molecule is Cn1c(-c2cccc([N+](=O)[O-])c2)nn(CCC=C(F)F)c1=O. The normalized spacial score (nSPS) is 10.5. The van der Waals surface area contributed by atoms with Crippen LogP contribution in [-0.2, 0) is 13.6 Å². The summed E-state index contributed by atoms with van der Waals surface area (Å²) in [5.74, 6) is 0.235. The van der Waals surface area contributed by atoms with Gasteiger partial charge in [0.25, 0.3) is 11.8 Å². The highest BCUT2D eigenvalue weighted by atomic mass is 19.3. The van der Waals surface area contributed by atoms with Crippen molar-refractivity contribution in [3.05, 3.63) is 57.0 Å². The number of benzene rings is 1. The topological polar surface area (TPSA) is 83.0 Å². The van der Waals surface area contributed by atoms with Crippen LogP contribution >= 0.6 is 0 Å². The van der Waals surface area contributed by atoms with Gasteiger partial charge in [0, 0.05) is 24.7 Å². The van der Waals surface area contributed by atoms with Crippen LogP contribution in [0.4, 0.5) is 14.5 Å². The second-order valence-corrected chi connectivity index (χ2v) is 4.48. The fourth-order valence-electron chi connectivity index (χ4n) is 1.94. The molecular formula is C13H12F2N4O3. The Kier molecular flexibility index (Phi) is 4.44. The number of rotatable bonds is 5. The van der Waals surface area contributed by atoms with Crippen LogP contribution in [0.25, 0.3) is 11.4 Å². The van der Waals surface area contributed by atoms with Gasteiger partial charge in [-0.1, -0.05) is 12.1 Å². The smallest absolute Gasteiger partial charge is 0.278 e. The zero-order chi connectivity index (χ0) is 16.3. The number of allylic oxidation sites excluding steroid dienone is 1. The highest BCUT2D eigenvalue weighted by Gasteiger charge is 2.14. The molecule has 0 amide bonds. The van der Waals surface area contributed by atoms with Crippen molar-refractivity contribution in [3.63, 3.8) is 0 Å². The Morgan fingerprint density at radius 2 is 2.18 bits per heavy atom. The van der Waals surface area contributed by atoms with E-state index in [4.69, 9.17) is 0 Å². The average molecular weight is 310 g/mol. The molecule has 0 unspecified atom stereocenters. The van der Waals surface area contributed by atoms with Crippen LogP contribution in [0.1, 0.15) is 6.42 Å². The van der Waals surface area contributed by atoms with Gasteiger partial charge in [-0.25, -0.2) is 9.48 Å². The predicted octanol–water partition coefficient (Wildman–Crippen LogP) is 2.33. The van der Waals surface area contributed by atoms with Crippen molar-refractivity contribution in [1.82, 2.24) is 14.3 Å². The van der Waals surface area contributed by atoms with E-state index in [9.17, 15) is 23.7 Å². The van der Waals surface area contributed by atoms with Gasteiger partial charge in [-0.05, 0) is 12.5 Å². The number of aromatic nitrogens is 3. The first-order valence-electron chi connectivity index (χ1n) is 6.30. The van der Waals surface area contributed by atoms with Crippen molar-refractivity contribution in [2.24, 2.45) is 7.05 Å². The lowest BCUT2D eigenvalue weighted by molar-refractivity contribution is -0.384. The van der Waals surface area contributed by atoms with E-state index < -0.39 is 16.7 Å². The van der Waals surface area contributed by atoms with Gasteiger partial charge in [-0.3, -0.25) is 14.7 Å². The Labute approximate surface area is 123 Å². The van der Waals surface area contributed by atoms with Gasteiger partial charge in [0.15, 0.2) is 5.82 Å². The third-order valence-corrected chi connectivity index (χ3v) is 3.00. The van der Waals surface area contributed by atoms with Crippen molar-refractivity contribution >= 4 is 5.69 Å². The van der Waals surface area contributed by atoms with E-state index in [1.165, 1.54) is 29.8 Å². The van der Waals surface area contributed by atoms with Gasteiger partial charge in [0.1, 0.15) is 0 Å². The number of aryl methyl sites for hydroxylation is 1. The minimum atomic E-state index is -1.82. The highest BCUT2D eigenvalue weighted by Crippen LogP contribution is 2.21. The molecule has 0 radical (unpaired) electrons. The quantitative estimate of drug-likeness (QED) is 0.627. The monoisotopic (exact) mass is 310 g/mol. The van der Waals surface area contributed by atoms with E-state index in [0.717, 1.165) is 4.68 Å². The number of halogens is 2. The maximum absolute atomic E-state index is 12.0. The number of hydrogen-bond donors (Lipinski definition) is 0. The Balaban J connectivity index is 2.37. The lowest BCUT2D eigenvalue weighted by atomic mass is 10.2. The van der Waals surface area contributed by atoms with E-state index in [1.807, 2.05) is 0 Å². The molecule has 2 rings (SSSR count). The van der Waals surface area contributed by atoms with Crippen LogP contribution in [0.5, 0.6) is 0 Å². The fourth-order valence-corrected chi connectivity index (χ4v) is 1.94. The molecule has 1 aromatic heterocycles. The van der Waals surface area contributed by atoms with Crippen LogP contribution in [-0.4, -0.2) is 19.3 Å². The molecule has 0 saturated carbocycles. The maximum Gasteiger partial charge on any atom is 0.345 e. The molecule has 2 aromatic rings. The molecule has 0 bridgehead atoms. The average Bonchev–Trinajstić information content (AvgIpc) is 2.75. The number of nitrogens with zero attached hydrogens (tertiary/aromatic N) is 4. The summed E-state index contributed by atoms with van der Waals surface area (Å²) in [4.78, 5) is 22.2. The minimum absolute atomic E-state index is 0.00105. The molecule has 0 aliphatic heterocycles. The van der Waals surface area contributed by atoms with E-state index in [0.29, 0.717) is 11.6 Å². The summed E-state index contributed by atoms with van der Waals surface area (Å²) in [7, 11) is 1.46. The van der Waals surface area contributed by atoms with Crippen LogP contribution < -0.4 is 5.69 Å². The summed E-state index contributed by atoms with van der Waals surface area (Å²) in [5, 5.41) is 14.8. The lowest BCUT2D eigenvalue weighted by Gasteiger charge is -1.99. The zero-order valence-corrected chi connectivity index (χ0v) is 11.6. The first-order valence-corrected chi connectivity index (χ1v) is 6.30. The molecule has 1 aromatic carbocycles. The van der Waals surface area contributed by atoms with E-state index >= 15 is 0 Å². The summed E-state index contributed by atoms with van der Waals surface area (Å²) in [6, 6.07) is 5.69. The van der Waals surface area contributed by atoms with Crippen LogP contribution in [0.2, 0.25) is 0 Å². The van der Waals surface area contributed by atoms with Gasteiger partial charge < -0.3 is 0 Å². The molecule has 0 aliphatic carbocycles. The molecule has 116 valence electrons. The van der Waals surface area contributed by atoms with Crippen molar-refractivity contribution in [3.8, 4) is 11.4 Å². The maximum atomic E-state index is 12.0. The molecule has 1 heterocycles. The predicted molar refractivity (Wildman–Crippen MR) is 74.5 cm³/mol. The standard InChI is InChI=1S/C13H12F2N4O3/c1-17-12(9-4-2-5-10(8-9)19(21)22)16-18(13(17)20)7-3-6-11(14)15/h2,4-6,8H,3,7H2,1H3. The number of nitro groups is 1.